The Hall–Kier alpha value is -2.73. The highest BCUT2D eigenvalue weighted by Gasteiger charge is 2.64. The smallest absolute Gasteiger partial charge is 0.435 e. The summed E-state index contributed by atoms with van der Waals surface area (Å²) in [4.78, 5) is 49.2. The van der Waals surface area contributed by atoms with Gasteiger partial charge in [0.05, 0.1) is 23.0 Å². The number of amides is 3. The first-order chi connectivity index (χ1) is 22.2. The molecule has 3 amide bonds. The second kappa shape index (κ2) is 13.8. The number of anilines is 1. The number of fused-ring (bicyclic) bond motifs is 1. The van der Waals surface area contributed by atoms with E-state index >= 15 is 0 Å². The van der Waals surface area contributed by atoms with E-state index in [4.69, 9.17) is 23.2 Å². The van der Waals surface area contributed by atoms with Crippen LogP contribution in [0.2, 0.25) is 10.0 Å². The molecule has 2 aromatic rings. The number of benzene rings is 2. The number of likely N-dealkylation sites (tertiary alicyclic amines) is 2. The highest BCUT2D eigenvalue weighted by Crippen LogP contribution is 2.46. The van der Waals surface area contributed by atoms with E-state index in [-0.39, 0.29) is 36.1 Å². The number of halogens is 2. The molecule has 46 heavy (non-hydrogen) atoms. The van der Waals surface area contributed by atoms with Crippen LogP contribution < -0.4 is 5.32 Å². The molecule has 0 spiro atoms. The molecule has 2 unspecified atom stereocenters. The fourth-order valence-corrected chi connectivity index (χ4v) is 8.83. The lowest BCUT2D eigenvalue weighted by atomic mass is 9.81. The summed E-state index contributed by atoms with van der Waals surface area (Å²) in [6.07, 6.45) is 3.34. The predicted octanol–water partition coefficient (Wildman–Crippen LogP) is 5.24. The Kier molecular flexibility index (Phi) is 9.94. The molecule has 4 heterocycles. The number of hydrogen-bond donors (Lipinski definition) is 2. The van der Waals surface area contributed by atoms with Crippen LogP contribution in [0.15, 0.2) is 42.5 Å². The zero-order chi connectivity index (χ0) is 32.5. The number of piperazine rings is 1. The zero-order valence-electron chi connectivity index (χ0n) is 26.5. The first kappa shape index (κ1) is 33.2. The summed E-state index contributed by atoms with van der Waals surface area (Å²) in [5.74, 6) is 0. The van der Waals surface area contributed by atoms with Gasteiger partial charge in [-0.25, -0.2) is 9.28 Å². The lowest BCUT2D eigenvalue weighted by Crippen LogP contribution is -2.78. The number of quaternary nitrogens is 1. The van der Waals surface area contributed by atoms with Crippen molar-refractivity contribution in [3.05, 3.63) is 63.6 Å². The molecule has 3 atom stereocenters. The normalized spacial score (nSPS) is 28.7. The summed E-state index contributed by atoms with van der Waals surface area (Å²) >= 11 is 12.7. The van der Waals surface area contributed by atoms with Crippen LogP contribution in [0.1, 0.15) is 43.2 Å². The van der Waals surface area contributed by atoms with Crippen LogP contribution in [0.4, 0.5) is 15.3 Å². The van der Waals surface area contributed by atoms with Gasteiger partial charge in [0.1, 0.15) is 12.8 Å². The number of rotatable bonds is 7. The number of carbonyl (C=O) groups is 3. The number of hydrogen-bond acceptors (Lipinski definition) is 6. The van der Waals surface area contributed by atoms with Crippen molar-refractivity contribution in [2.24, 2.45) is 0 Å². The second-order valence-corrected chi connectivity index (χ2v) is 14.3. The first-order valence-corrected chi connectivity index (χ1v) is 17.2. The topological polar surface area (TPSA) is 96.4 Å². The molecule has 0 aliphatic carbocycles. The van der Waals surface area contributed by atoms with E-state index in [0.29, 0.717) is 55.0 Å². The van der Waals surface area contributed by atoms with Gasteiger partial charge in [0.2, 0.25) is 0 Å². The highest BCUT2D eigenvalue weighted by molar-refractivity contribution is 6.42. The SMILES string of the molecule is CN1CCN(C2CCN(C3(CC=O)CC(N4CCc5ccccc5NC4=O)CC[N@+]3(Cc3ccc(Cl)c(Cl)c3)C(=O)O)CC2)CC1. The van der Waals surface area contributed by atoms with Gasteiger partial charge in [0.25, 0.3) is 0 Å². The Morgan fingerprint density at radius 2 is 1.74 bits per heavy atom. The number of para-hydroxylation sites is 1. The van der Waals surface area contributed by atoms with Crippen molar-refractivity contribution < 1.29 is 24.0 Å². The minimum Gasteiger partial charge on any atom is -0.435 e. The van der Waals surface area contributed by atoms with E-state index in [2.05, 4.69) is 27.1 Å². The van der Waals surface area contributed by atoms with Crippen LogP contribution in [0.3, 0.4) is 0 Å². The van der Waals surface area contributed by atoms with Gasteiger partial charge in [-0.1, -0.05) is 47.5 Å². The van der Waals surface area contributed by atoms with Crippen molar-refractivity contribution in [2.75, 3.05) is 64.7 Å². The molecular formula is C34H45Cl2N6O4+. The third-order valence-electron chi connectivity index (χ3n) is 11.1. The lowest BCUT2D eigenvalue weighted by Gasteiger charge is -2.59. The fraction of sp³-hybridized carbons (Fsp3) is 0.559. The van der Waals surface area contributed by atoms with E-state index in [1.807, 2.05) is 35.2 Å². The predicted molar refractivity (Wildman–Crippen MR) is 179 cm³/mol. The Labute approximate surface area is 281 Å². The molecule has 0 bridgehead atoms. The van der Waals surface area contributed by atoms with E-state index in [1.54, 1.807) is 12.1 Å². The molecule has 0 saturated carbocycles. The maximum Gasteiger partial charge on any atom is 0.515 e. The largest absolute Gasteiger partial charge is 0.515 e. The van der Waals surface area contributed by atoms with Gasteiger partial charge in [-0.3, -0.25) is 9.80 Å². The molecular weight excluding hydrogens is 627 g/mol. The maximum absolute atomic E-state index is 13.7. The minimum absolute atomic E-state index is 0.0476. The Balaban J connectivity index is 1.35. The molecule has 10 nitrogen and oxygen atoms in total. The van der Waals surface area contributed by atoms with Gasteiger partial charge in [-0.2, -0.15) is 4.79 Å². The molecule has 6 rings (SSSR count). The van der Waals surface area contributed by atoms with Crippen LogP contribution in [-0.4, -0.2) is 125 Å². The molecule has 4 aliphatic heterocycles. The zero-order valence-corrected chi connectivity index (χ0v) is 28.1. The minimum atomic E-state index is -1.06. The lowest BCUT2D eigenvalue weighted by molar-refractivity contribution is -0.942. The molecule has 2 aromatic carbocycles. The molecule has 4 aliphatic rings. The molecule has 3 fully saturated rings. The summed E-state index contributed by atoms with van der Waals surface area (Å²) < 4.78 is -0.324. The number of piperidine rings is 2. The number of likely N-dealkylation sites (N-methyl/N-ethyl adjacent to an activating group) is 1. The number of nitrogens with one attached hydrogen (secondary N) is 1. The molecule has 2 N–H and O–H groups in total. The van der Waals surface area contributed by atoms with Crippen molar-refractivity contribution in [1.29, 1.82) is 0 Å². The van der Waals surface area contributed by atoms with Crippen LogP contribution in [0.25, 0.3) is 0 Å². The number of urea groups is 1. The fourth-order valence-electron chi connectivity index (χ4n) is 8.51. The quantitative estimate of drug-likeness (QED) is 0.307. The Bertz CT molecular complexity index is 1450. The summed E-state index contributed by atoms with van der Waals surface area (Å²) in [6, 6.07) is 13.1. The van der Waals surface area contributed by atoms with Gasteiger partial charge in [0.15, 0.2) is 5.66 Å². The average molecular weight is 673 g/mol. The molecule has 248 valence electrons. The van der Waals surface area contributed by atoms with Crippen molar-refractivity contribution in [3.63, 3.8) is 0 Å². The second-order valence-electron chi connectivity index (χ2n) is 13.5. The summed E-state index contributed by atoms with van der Waals surface area (Å²) in [7, 11) is 2.16. The number of aldehydes is 1. The van der Waals surface area contributed by atoms with Gasteiger partial charge >= 0.3 is 12.1 Å². The number of carbonyl (C=O) groups excluding carboxylic acids is 2. The van der Waals surface area contributed by atoms with Crippen molar-refractivity contribution in [2.45, 2.75) is 62.8 Å². The van der Waals surface area contributed by atoms with Crippen LogP contribution in [0, 0.1) is 0 Å². The van der Waals surface area contributed by atoms with Gasteiger partial charge < -0.3 is 25.0 Å². The van der Waals surface area contributed by atoms with Gasteiger partial charge in [-0.15, -0.1) is 0 Å². The van der Waals surface area contributed by atoms with Crippen LogP contribution in [-0.2, 0) is 17.8 Å². The third kappa shape index (κ3) is 6.28. The van der Waals surface area contributed by atoms with Gasteiger partial charge in [0, 0.05) is 82.0 Å². The Morgan fingerprint density at radius 1 is 1.00 bits per heavy atom. The number of nitrogens with zero attached hydrogens (tertiary/aromatic N) is 5. The maximum atomic E-state index is 13.7. The van der Waals surface area contributed by atoms with Crippen molar-refractivity contribution >= 4 is 47.3 Å². The van der Waals surface area contributed by atoms with Crippen molar-refractivity contribution in [1.82, 2.24) is 19.6 Å². The van der Waals surface area contributed by atoms with Crippen LogP contribution in [0.5, 0.6) is 0 Å². The van der Waals surface area contributed by atoms with Crippen molar-refractivity contribution in [3.8, 4) is 0 Å². The molecule has 0 radical (unpaired) electrons. The monoisotopic (exact) mass is 671 g/mol. The highest BCUT2D eigenvalue weighted by atomic mass is 35.5. The van der Waals surface area contributed by atoms with Gasteiger partial charge in [-0.05, 0) is 50.1 Å². The molecule has 0 aromatic heterocycles. The number of carboxylic acid groups (broad SMARTS) is 1. The van der Waals surface area contributed by atoms with E-state index in [1.165, 1.54) is 0 Å². The first-order valence-electron chi connectivity index (χ1n) is 16.5. The third-order valence-corrected chi connectivity index (χ3v) is 11.8. The van der Waals surface area contributed by atoms with Crippen LogP contribution >= 0.6 is 23.2 Å². The summed E-state index contributed by atoms with van der Waals surface area (Å²) in [6.45, 7) is 6.46. The summed E-state index contributed by atoms with van der Waals surface area (Å²) in [5.41, 5.74) is 1.58. The molecule has 3 saturated heterocycles. The average Bonchev–Trinajstić information content (AvgIpc) is 3.22. The van der Waals surface area contributed by atoms with E-state index in [0.717, 1.165) is 62.1 Å². The molecule has 12 heteroatoms. The Morgan fingerprint density at radius 3 is 2.43 bits per heavy atom. The summed E-state index contributed by atoms with van der Waals surface area (Å²) in [5, 5.41) is 15.1. The van der Waals surface area contributed by atoms with E-state index < -0.39 is 11.8 Å². The standard InChI is InChI=1S/C34H44Cl2N6O4/c1-38-16-18-39(19-17-38)27-9-13-40(14-10-27)34(12-21-43)23-28(41-15-8-26-4-2-3-5-31(26)37-32(41)44)11-20-42(34,33(45)46)24-25-6-7-29(35)30(36)22-25/h2-7,21-22,27-28H,8-20,23-24H2,1H3,(H-,37,44,45,46)/p+1/t28?,34?,42-/m0/s1. The van der Waals surface area contributed by atoms with E-state index in [9.17, 15) is 19.5 Å².